The quantitative estimate of drug-likeness (QED) is 0.0516. The molecule has 0 spiro atoms. The van der Waals surface area contributed by atoms with Crippen molar-refractivity contribution >= 4 is 51.6 Å². The molecule has 4 aromatic heterocycles. The van der Waals surface area contributed by atoms with E-state index in [1.54, 1.807) is 20.8 Å². The lowest BCUT2D eigenvalue weighted by Gasteiger charge is -2.33. The molecule has 0 atom stereocenters. The fourth-order valence-corrected chi connectivity index (χ4v) is 9.92. The molecule has 2 aliphatic heterocycles. The summed E-state index contributed by atoms with van der Waals surface area (Å²) >= 11 is 0. The molecule has 4 aromatic carbocycles. The number of para-hydroxylation sites is 2. The van der Waals surface area contributed by atoms with Gasteiger partial charge in [0.1, 0.15) is 64.3 Å². The first-order valence-corrected chi connectivity index (χ1v) is 27.4. The van der Waals surface area contributed by atoms with Gasteiger partial charge >= 0.3 is 6.09 Å². The summed E-state index contributed by atoms with van der Waals surface area (Å²) in [5.41, 5.74) is 16.5. The summed E-state index contributed by atoms with van der Waals surface area (Å²) in [6.07, 6.45) is 5.86. The number of nitrogens with one attached hydrogen (secondary N) is 1. The minimum Gasteiger partial charge on any atom is -0.457 e. The van der Waals surface area contributed by atoms with Crippen molar-refractivity contribution in [2.75, 3.05) is 77.0 Å². The van der Waals surface area contributed by atoms with Crippen LogP contribution in [-0.2, 0) is 14.3 Å². The zero-order valence-corrected chi connectivity index (χ0v) is 45.9. The van der Waals surface area contributed by atoms with Gasteiger partial charge in [0.05, 0.1) is 36.1 Å². The number of ether oxygens (including phenoxy) is 3. The summed E-state index contributed by atoms with van der Waals surface area (Å²) in [5.74, 6) is 3.77. The first-order valence-electron chi connectivity index (χ1n) is 27.4. The summed E-state index contributed by atoms with van der Waals surface area (Å²) in [6.45, 7) is 8.94. The third-order valence-electron chi connectivity index (χ3n) is 14.0. The highest BCUT2D eigenvalue weighted by atomic mass is 16.6. The van der Waals surface area contributed by atoms with Crippen LogP contribution in [0.2, 0.25) is 0 Å². The van der Waals surface area contributed by atoms with Crippen LogP contribution in [0.5, 0.6) is 23.0 Å². The minimum atomic E-state index is -0.664. The van der Waals surface area contributed by atoms with Crippen LogP contribution in [-0.4, -0.2) is 153 Å². The number of nitrogens with zero attached hydrogens (tertiary/aromatic N) is 11. The molecule has 81 heavy (non-hydrogen) atoms. The molecule has 0 bridgehead atoms. The summed E-state index contributed by atoms with van der Waals surface area (Å²) in [4.78, 5) is 60.7. The Balaban J connectivity index is 0.000000198. The number of nitrogen functional groups attached to an aromatic ring is 2. The number of likely N-dealkylation sites (tertiary alicyclic amines) is 2. The monoisotopic (exact) mass is 1100 g/mol. The lowest BCUT2D eigenvalue weighted by Crippen LogP contribution is -2.43. The normalized spacial score (nSPS) is 14.1. The van der Waals surface area contributed by atoms with Crippen LogP contribution < -0.4 is 26.3 Å². The first kappa shape index (κ1) is 57.0. The molecule has 10 rings (SSSR count). The van der Waals surface area contributed by atoms with Crippen molar-refractivity contribution in [3.05, 3.63) is 122 Å². The van der Waals surface area contributed by atoms with Gasteiger partial charge in [-0.15, -0.1) is 0 Å². The number of carbonyl (C=O) groups excluding carboxylic acids is 3. The van der Waals surface area contributed by atoms with Gasteiger partial charge in [-0.05, 0) is 119 Å². The van der Waals surface area contributed by atoms with Crippen molar-refractivity contribution in [1.82, 2.24) is 59.5 Å². The Morgan fingerprint density at radius 3 is 1.43 bits per heavy atom. The maximum absolute atomic E-state index is 13.1. The van der Waals surface area contributed by atoms with Crippen molar-refractivity contribution in [1.29, 1.82) is 0 Å². The molecular formula is C59H70N14O8. The van der Waals surface area contributed by atoms with Gasteiger partial charge in [-0.25, -0.2) is 34.1 Å². The second-order valence-corrected chi connectivity index (χ2v) is 20.8. The number of fused-ring (bicyclic) bond motifs is 2. The molecule has 0 radical (unpaired) electrons. The van der Waals surface area contributed by atoms with Gasteiger partial charge in [0, 0.05) is 76.3 Å². The van der Waals surface area contributed by atoms with E-state index in [0.29, 0.717) is 98.3 Å². The number of hydrogen-bond donors (Lipinski definition) is 5. The Morgan fingerprint density at radius 1 is 0.580 bits per heavy atom. The van der Waals surface area contributed by atoms with E-state index in [4.69, 9.17) is 41.0 Å². The molecule has 22 nitrogen and oxygen atoms in total. The van der Waals surface area contributed by atoms with Gasteiger partial charge < -0.3 is 55.9 Å². The van der Waals surface area contributed by atoms with Crippen LogP contribution in [0, 0.1) is 0 Å². The number of carbonyl (C=O) groups is 3. The predicted molar refractivity (Wildman–Crippen MR) is 307 cm³/mol. The zero-order valence-electron chi connectivity index (χ0n) is 45.9. The van der Waals surface area contributed by atoms with E-state index in [-0.39, 0.29) is 56.6 Å². The number of aliphatic hydroxyl groups excluding tert-OH is 2. The largest absolute Gasteiger partial charge is 0.457 e. The highest BCUT2D eigenvalue weighted by molar-refractivity contribution is 5.99. The van der Waals surface area contributed by atoms with Gasteiger partial charge in [0.15, 0.2) is 11.3 Å². The molecule has 424 valence electrons. The third-order valence-corrected chi connectivity index (χ3v) is 14.0. The summed E-state index contributed by atoms with van der Waals surface area (Å²) in [6, 6.07) is 34.7. The molecule has 2 fully saturated rings. The molecule has 0 saturated carbocycles. The van der Waals surface area contributed by atoms with Crippen LogP contribution in [0.25, 0.3) is 44.6 Å². The number of anilines is 2. The van der Waals surface area contributed by atoms with E-state index >= 15 is 0 Å². The highest BCUT2D eigenvalue weighted by Gasteiger charge is 2.31. The van der Waals surface area contributed by atoms with Crippen LogP contribution in [0.4, 0.5) is 16.4 Å². The molecule has 8 aromatic rings. The second-order valence-electron chi connectivity index (χ2n) is 20.8. The zero-order chi connectivity index (χ0) is 56.9. The summed E-state index contributed by atoms with van der Waals surface area (Å²) in [7, 11) is 0. The Hall–Kier alpha value is -8.73. The van der Waals surface area contributed by atoms with Crippen molar-refractivity contribution in [2.45, 2.75) is 77.0 Å². The van der Waals surface area contributed by atoms with Gasteiger partial charge in [0.2, 0.25) is 11.8 Å². The minimum absolute atomic E-state index is 0.0120. The number of amides is 3. The van der Waals surface area contributed by atoms with Gasteiger partial charge in [0.25, 0.3) is 0 Å². The van der Waals surface area contributed by atoms with Crippen molar-refractivity contribution in [3.8, 4) is 45.5 Å². The average molecular weight is 1100 g/mol. The van der Waals surface area contributed by atoms with Gasteiger partial charge in [-0.3, -0.25) is 9.59 Å². The fourth-order valence-electron chi connectivity index (χ4n) is 9.92. The Bertz CT molecular complexity index is 3360. The Labute approximate surface area is 469 Å². The lowest BCUT2D eigenvalue weighted by atomic mass is 10.0. The van der Waals surface area contributed by atoms with Crippen LogP contribution >= 0.6 is 0 Å². The standard InChI is InChI=1S/C32H39N7O5.C27H31N7O3/c1-32(2,3)44-31(42)38(19-20-40)18-15-26(41)37-16-13-23(14-17-37)39-30-27(29(33)34-21-35-30)28(36-39)22-9-11-25(12-10-22)43-24-7-5-4-6-8-24;28-26-24-25(19-6-8-22(9-7-19)37-21-4-2-1-3-5-21)32-34(27(24)31-18-30-26)20-11-15-33(16-12-20)23(36)10-13-29-14-17-35/h4-12,21,23,40H,13-20H2,1-3H3,(H2,33,34,35);1-9,18,20,29,35H,10-17H2,(H2,28,30,31). The van der Waals surface area contributed by atoms with E-state index in [0.717, 1.165) is 52.3 Å². The number of hydrogen-bond acceptors (Lipinski definition) is 17. The number of rotatable bonds is 18. The predicted octanol–water partition coefficient (Wildman–Crippen LogP) is 7.65. The molecule has 3 amide bonds. The number of benzene rings is 4. The van der Waals surface area contributed by atoms with Crippen molar-refractivity contribution in [3.63, 3.8) is 0 Å². The molecule has 0 unspecified atom stereocenters. The number of aliphatic hydroxyl groups is 2. The SMILES string of the molecule is CC(C)(C)OC(=O)N(CCO)CCC(=O)N1CCC(n2nc(-c3ccc(Oc4ccccc4)cc3)c3c(N)ncnc32)CC1.Nc1ncnc2c1c(-c1ccc(Oc3ccccc3)cc1)nn2C1CCN(C(=O)CCNCCO)CC1. The van der Waals surface area contributed by atoms with E-state index in [2.05, 4.69) is 25.3 Å². The topological polar surface area (TPSA) is 280 Å². The van der Waals surface area contributed by atoms with Crippen LogP contribution in [0.15, 0.2) is 122 Å². The van der Waals surface area contributed by atoms with E-state index < -0.39 is 11.7 Å². The van der Waals surface area contributed by atoms with Gasteiger partial charge in [-0.1, -0.05) is 36.4 Å². The number of aromatic nitrogens is 8. The molecule has 0 aliphatic carbocycles. The van der Waals surface area contributed by atoms with Crippen LogP contribution in [0.1, 0.15) is 71.4 Å². The number of nitrogens with two attached hydrogens (primary N) is 2. The second kappa shape index (κ2) is 26.5. The van der Waals surface area contributed by atoms with E-state index in [1.165, 1.54) is 17.6 Å². The Kier molecular flexibility index (Phi) is 18.6. The smallest absolute Gasteiger partial charge is 0.410 e. The average Bonchev–Trinajstić information content (AvgIpc) is 4.08. The highest BCUT2D eigenvalue weighted by Crippen LogP contribution is 2.37. The molecule has 2 saturated heterocycles. The molecule has 7 N–H and O–H groups in total. The number of piperidine rings is 2. The molecule has 6 heterocycles. The van der Waals surface area contributed by atoms with E-state index in [1.807, 2.05) is 128 Å². The maximum Gasteiger partial charge on any atom is 0.410 e. The Morgan fingerprint density at radius 2 is 1.01 bits per heavy atom. The van der Waals surface area contributed by atoms with E-state index in [9.17, 15) is 19.5 Å². The maximum atomic E-state index is 13.1. The molecule has 2 aliphatic rings. The van der Waals surface area contributed by atoms with Crippen LogP contribution in [0.3, 0.4) is 0 Å². The van der Waals surface area contributed by atoms with Gasteiger partial charge in [-0.2, -0.15) is 10.2 Å². The first-order chi connectivity index (χ1) is 39.3. The lowest BCUT2D eigenvalue weighted by molar-refractivity contribution is -0.133. The molecular weight excluding hydrogens is 1030 g/mol. The summed E-state index contributed by atoms with van der Waals surface area (Å²) < 4.78 is 21.1. The fraction of sp³-hybridized carbons (Fsp3) is 0.373. The van der Waals surface area contributed by atoms with Crippen molar-refractivity contribution < 1.29 is 38.8 Å². The van der Waals surface area contributed by atoms with Crippen molar-refractivity contribution in [2.24, 2.45) is 0 Å². The third kappa shape index (κ3) is 14.4. The summed E-state index contributed by atoms with van der Waals surface area (Å²) in [5, 5.41) is 32.6. The molecule has 22 heteroatoms.